The summed E-state index contributed by atoms with van der Waals surface area (Å²) in [5.74, 6) is 1.98. The molecule has 0 bridgehead atoms. The molecule has 4 rings (SSSR count). The molecule has 0 saturated heterocycles. The molecule has 0 heterocycles. The number of esters is 1. The largest absolute Gasteiger partial charge is 0.457 e. The molecule has 0 N–H and O–H groups in total. The second-order valence-corrected chi connectivity index (χ2v) is 11.9. The van der Waals surface area contributed by atoms with Crippen LogP contribution in [0.3, 0.4) is 0 Å². The van der Waals surface area contributed by atoms with Crippen LogP contribution in [0.5, 0.6) is 0 Å². The van der Waals surface area contributed by atoms with Crippen molar-refractivity contribution in [3.05, 3.63) is 11.6 Å². The standard InChI is InChI=1S/C26H38O4/c1-24(2,3)23(29)30-15-22(28)21-9-8-19-18-7-6-16-14-17(27)10-12-25(16,4)20(18)11-13-26(19,21)5/h14,18-21H,6-13,15H2,1-5H3/t18-,19-,20-,21+,25-,26-/m1/s1. The zero-order valence-electron chi connectivity index (χ0n) is 19.4. The third-order valence-electron chi connectivity index (χ3n) is 9.31. The van der Waals surface area contributed by atoms with E-state index in [1.54, 1.807) is 0 Å². The highest BCUT2D eigenvalue weighted by atomic mass is 16.5. The molecule has 0 radical (unpaired) electrons. The third-order valence-corrected chi connectivity index (χ3v) is 9.31. The molecule has 0 aliphatic heterocycles. The van der Waals surface area contributed by atoms with Gasteiger partial charge in [0.25, 0.3) is 0 Å². The zero-order chi connectivity index (χ0) is 21.9. The number of fused-ring (bicyclic) bond motifs is 5. The van der Waals surface area contributed by atoms with E-state index in [0.29, 0.717) is 30.0 Å². The van der Waals surface area contributed by atoms with E-state index in [2.05, 4.69) is 13.8 Å². The van der Waals surface area contributed by atoms with Crippen LogP contribution < -0.4 is 0 Å². The minimum atomic E-state index is -0.579. The van der Waals surface area contributed by atoms with Crippen LogP contribution in [0.4, 0.5) is 0 Å². The fraction of sp³-hybridized carbons (Fsp3) is 0.808. The first-order valence-electron chi connectivity index (χ1n) is 11.9. The van der Waals surface area contributed by atoms with Gasteiger partial charge < -0.3 is 4.74 Å². The quantitative estimate of drug-likeness (QED) is 0.589. The van der Waals surface area contributed by atoms with Crippen molar-refractivity contribution in [3.8, 4) is 0 Å². The fourth-order valence-corrected chi connectivity index (χ4v) is 7.54. The number of carbonyl (C=O) groups is 3. The predicted octanol–water partition coefficient (Wildman–Crippen LogP) is 5.29. The first-order chi connectivity index (χ1) is 14.0. The number of carbonyl (C=O) groups excluding carboxylic acids is 3. The summed E-state index contributed by atoms with van der Waals surface area (Å²) >= 11 is 0. The van der Waals surface area contributed by atoms with Gasteiger partial charge in [-0.25, -0.2) is 0 Å². The van der Waals surface area contributed by atoms with E-state index in [-0.39, 0.29) is 35.1 Å². The number of hydrogen-bond donors (Lipinski definition) is 0. The summed E-state index contributed by atoms with van der Waals surface area (Å²) in [5.41, 5.74) is 1.00. The molecule has 0 amide bonds. The monoisotopic (exact) mass is 414 g/mol. The molecule has 0 aromatic heterocycles. The van der Waals surface area contributed by atoms with Crippen molar-refractivity contribution in [3.63, 3.8) is 0 Å². The van der Waals surface area contributed by atoms with Crippen LogP contribution in [0.25, 0.3) is 0 Å². The number of hydrogen-bond acceptors (Lipinski definition) is 4. The van der Waals surface area contributed by atoms with E-state index in [1.807, 2.05) is 26.8 Å². The molecule has 6 atom stereocenters. The van der Waals surface area contributed by atoms with Crippen LogP contribution in [0.1, 0.15) is 86.0 Å². The Morgan fingerprint density at radius 2 is 1.77 bits per heavy atom. The van der Waals surface area contributed by atoms with E-state index < -0.39 is 5.41 Å². The van der Waals surface area contributed by atoms with Gasteiger partial charge in [-0.2, -0.15) is 0 Å². The first-order valence-corrected chi connectivity index (χ1v) is 11.9. The maximum absolute atomic E-state index is 13.1. The van der Waals surface area contributed by atoms with E-state index in [4.69, 9.17) is 4.74 Å². The molecule has 4 heteroatoms. The van der Waals surface area contributed by atoms with Gasteiger partial charge in [-0.05, 0) is 100 Å². The minimum Gasteiger partial charge on any atom is -0.457 e. The average Bonchev–Trinajstić information content (AvgIpc) is 3.03. The second kappa shape index (κ2) is 7.31. The van der Waals surface area contributed by atoms with Gasteiger partial charge in [0, 0.05) is 12.3 Å². The van der Waals surface area contributed by atoms with E-state index in [9.17, 15) is 14.4 Å². The van der Waals surface area contributed by atoms with Gasteiger partial charge in [-0.15, -0.1) is 0 Å². The number of Topliss-reactive ketones (excluding diaryl/α,β-unsaturated/α-hetero) is 1. The lowest BCUT2D eigenvalue weighted by Crippen LogP contribution is -2.51. The molecule has 4 aliphatic carbocycles. The molecule has 3 saturated carbocycles. The zero-order valence-corrected chi connectivity index (χ0v) is 19.4. The molecule has 30 heavy (non-hydrogen) atoms. The smallest absolute Gasteiger partial charge is 0.311 e. The lowest BCUT2D eigenvalue weighted by atomic mass is 9.46. The normalized spacial score (nSPS) is 40.7. The summed E-state index contributed by atoms with van der Waals surface area (Å²) in [6.45, 7) is 10.1. The Balaban J connectivity index is 1.49. The Bertz CT molecular complexity index is 787. The van der Waals surface area contributed by atoms with Crippen molar-refractivity contribution in [2.45, 2.75) is 86.0 Å². The summed E-state index contributed by atoms with van der Waals surface area (Å²) in [4.78, 5) is 37.2. The van der Waals surface area contributed by atoms with E-state index >= 15 is 0 Å². The first kappa shape index (κ1) is 21.8. The molecular weight excluding hydrogens is 376 g/mol. The average molecular weight is 415 g/mol. The molecular formula is C26H38O4. The van der Waals surface area contributed by atoms with Gasteiger partial charge in [0.15, 0.2) is 11.6 Å². The van der Waals surface area contributed by atoms with Crippen LogP contribution in [0.15, 0.2) is 11.6 Å². The van der Waals surface area contributed by atoms with Crippen molar-refractivity contribution in [2.75, 3.05) is 6.61 Å². The lowest BCUT2D eigenvalue weighted by Gasteiger charge is -2.58. The summed E-state index contributed by atoms with van der Waals surface area (Å²) in [6.07, 6.45) is 10.1. The van der Waals surface area contributed by atoms with E-state index in [1.165, 1.54) is 5.57 Å². The van der Waals surface area contributed by atoms with Crippen LogP contribution >= 0.6 is 0 Å². The topological polar surface area (TPSA) is 60.4 Å². The summed E-state index contributed by atoms with van der Waals surface area (Å²) in [7, 11) is 0. The van der Waals surface area contributed by atoms with Crippen LogP contribution in [0.2, 0.25) is 0 Å². The van der Waals surface area contributed by atoms with Gasteiger partial charge in [0.1, 0.15) is 6.61 Å². The van der Waals surface area contributed by atoms with Gasteiger partial charge in [0.2, 0.25) is 0 Å². The maximum Gasteiger partial charge on any atom is 0.311 e. The number of rotatable bonds is 3. The Morgan fingerprint density at radius 3 is 2.47 bits per heavy atom. The summed E-state index contributed by atoms with van der Waals surface area (Å²) < 4.78 is 5.38. The molecule has 166 valence electrons. The number of ketones is 2. The van der Waals surface area contributed by atoms with Crippen molar-refractivity contribution in [1.29, 1.82) is 0 Å². The Labute approximate surface area is 181 Å². The highest BCUT2D eigenvalue weighted by Crippen LogP contribution is 2.66. The predicted molar refractivity (Wildman–Crippen MR) is 116 cm³/mol. The summed E-state index contributed by atoms with van der Waals surface area (Å²) in [6, 6.07) is 0. The van der Waals surface area contributed by atoms with Gasteiger partial charge in [-0.3, -0.25) is 14.4 Å². The fourth-order valence-electron chi connectivity index (χ4n) is 7.54. The van der Waals surface area contributed by atoms with Gasteiger partial charge in [0.05, 0.1) is 5.41 Å². The van der Waals surface area contributed by atoms with Crippen LogP contribution in [0, 0.1) is 39.9 Å². The third kappa shape index (κ3) is 3.39. The molecule has 0 aromatic carbocycles. The lowest BCUT2D eigenvalue weighted by molar-refractivity contribution is -0.158. The molecule has 0 aromatic rings. The highest BCUT2D eigenvalue weighted by molar-refractivity contribution is 5.91. The van der Waals surface area contributed by atoms with Crippen LogP contribution in [-0.4, -0.2) is 24.1 Å². The second-order valence-electron chi connectivity index (χ2n) is 11.9. The minimum absolute atomic E-state index is 0.00824. The Hall–Kier alpha value is -1.45. The Kier molecular flexibility index (Phi) is 5.30. The van der Waals surface area contributed by atoms with Crippen molar-refractivity contribution < 1.29 is 19.1 Å². The summed E-state index contributed by atoms with van der Waals surface area (Å²) in [5, 5.41) is 0. The molecule has 0 spiro atoms. The van der Waals surface area contributed by atoms with Crippen LogP contribution in [-0.2, 0) is 19.1 Å². The molecule has 4 nitrogen and oxygen atoms in total. The number of allylic oxidation sites excluding steroid dienone is 1. The van der Waals surface area contributed by atoms with Gasteiger partial charge >= 0.3 is 5.97 Å². The molecule has 4 aliphatic rings. The number of ether oxygens (including phenoxy) is 1. The highest BCUT2D eigenvalue weighted by Gasteiger charge is 2.60. The molecule has 0 unspecified atom stereocenters. The van der Waals surface area contributed by atoms with Gasteiger partial charge in [-0.1, -0.05) is 19.4 Å². The van der Waals surface area contributed by atoms with Crippen molar-refractivity contribution in [2.24, 2.45) is 39.9 Å². The maximum atomic E-state index is 13.1. The molecule has 3 fully saturated rings. The van der Waals surface area contributed by atoms with E-state index in [0.717, 1.165) is 44.9 Å². The Morgan fingerprint density at radius 1 is 1.03 bits per heavy atom. The van der Waals surface area contributed by atoms with Crippen molar-refractivity contribution >= 4 is 17.5 Å². The SMILES string of the molecule is CC(C)(C)C(=O)OCC(=O)[C@@H]1CC[C@@H]2[C@H]3CCC4=CC(=O)CC[C@@]4(C)[C@@H]3CC[C@]21C. The van der Waals surface area contributed by atoms with Crippen molar-refractivity contribution in [1.82, 2.24) is 0 Å².